The van der Waals surface area contributed by atoms with Gasteiger partial charge in [-0.05, 0) is 38.0 Å². The molecule has 0 saturated heterocycles. The predicted octanol–water partition coefficient (Wildman–Crippen LogP) is 4.39. The van der Waals surface area contributed by atoms with Gasteiger partial charge >= 0.3 is 5.97 Å². The Bertz CT molecular complexity index is 572. The molecule has 1 aliphatic rings. The topological polar surface area (TPSA) is 38.3 Å². The normalized spacial score (nSPS) is 14.8. The number of carbonyl (C=O) groups is 1. The molecular formula is C15H18FNO2S. The lowest BCUT2D eigenvalue weighted by Gasteiger charge is -2.09. The van der Waals surface area contributed by atoms with Crippen molar-refractivity contribution in [1.82, 2.24) is 0 Å². The van der Waals surface area contributed by atoms with Crippen LogP contribution in [0.3, 0.4) is 0 Å². The molecule has 5 heteroatoms. The van der Waals surface area contributed by atoms with Gasteiger partial charge in [-0.2, -0.15) is 0 Å². The molecule has 0 amide bonds. The Morgan fingerprint density at radius 2 is 2.15 bits per heavy atom. The highest BCUT2D eigenvalue weighted by Crippen LogP contribution is 2.36. The summed E-state index contributed by atoms with van der Waals surface area (Å²) >= 11 is 1.38. The molecule has 0 aromatic carbocycles. The van der Waals surface area contributed by atoms with E-state index in [2.05, 4.69) is 5.32 Å². The van der Waals surface area contributed by atoms with Crippen molar-refractivity contribution in [2.24, 2.45) is 0 Å². The van der Waals surface area contributed by atoms with Gasteiger partial charge in [0.25, 0.3) is 0 Å². The molecule has 0 spiro atoms. The highest BCUT2D eigenvalue weighted by atomic mass is 32.1. The van der Waals surface area contributed by atoms with E-state index in [9.17, 15) is 9.18 Å². The van der Waals surface area contributed by atoms with Gasteiger partial charge in [0.2, 0.25) is 0 Å². The highest BCUT2D eigenvalue weighted by molar-refractivity contribution is 7.15. The molecule has 0 bridgehead atoms. The van der Waals surface area contributed by atoms with Crippen molar-refractivity contribution in [1.29, 1.82) is 0 Å². The van der Waals surface area contributed by atoms with Gasteiger partial charge in [-0.1, -0.05) is 6.08 Å². The van der Waals surface area contributed by atoms with Gasteiger partial charge < -0.3 is 10.1 Å². The van der Waals surface area contributed by atoms with E-state index in [1.54, 1.807) is 6.08 Å². The first-order valence-electron chi connectivity index (χ1n) is 6.55. The molecule has 2 rings (SSSR count). The van der Waals surface area contributed by atoms with E-state index in [0.717, 1.165) is 16.1 Å². The van der Waals surface area contributed by atoms with Crippen LogP contribution < -0.4 is 5.32 Å². The molecule has 0 radical (unpaired) electrons. The van der Waals surface area contributed by atoms with Gasteiger partial charge in [0.1, 0.15) is 10.7 Å². The lowest BCUT2D eigenvalue weighted by molar-refractivity contribution is 0.0607. The van der Waals surface area contributed by atoms with E-state index in [4.69, 9.17) is 4.74 Å². The first-order chi connectivity index (χ1) is 9.51. The fourth-order valence-corrected chi connectivity index (χ4v) is 3.12. The lowest BCUT2D eigenvalue weighted by Crippen LogP contribution is -2.12. The third-order valence-corrected chi connectivity index (χ3v) is 4.15. The molecule has 108 valence electrons. The second-order valence-corrected chi connectivity index (χ2v) is 6.00. The third-order valence-electron chi connectivity index (χ3n) is 2.96. The monoisotopic (exact) mass is 295 g/mol. The zero-order valence-electron chi connectivity index (χ0n) is 11.8. The summed E-state index contributed by atoms with van der Waals surface area (Å²) in [5, 5.41) is 3.25. The zero-order chi connectivity index (χ0) is 14.7. The van der Waals surface area contributed by atoms with Gasteiger partial charge in [0, 0.05) is 17.3 Å². The van der Waals surface area contributed by atoms with Gasteiger partial charge in [-0.25, -0.2) is 9.18 Å². The zero-order valence-corrected chi connectivity index (χ0v) is 12.6. The Labute approximate surface area is 122 Å². The summed E-state index contributed by atoms with van der Waals surface area (Å²) in [6.45, 7) is 4.02. The number of rotatable bonds is 4. The maximum absolute atomic E-state index is 13.0. The number of halogens is 1. The molecule has 1 aliphatic carbocycles. The van der Waals surface area contributed by atoms with Crippen LogP contribution in [0.2, 0.25) is 0 Å². The Morgan fingerprint density at radius 3 is 2.70 bits per heavy atom. The largest absolute Gasteiger partial charge is 0.465 e. The minimum atomic E-state index is -0.345. The van der Waals surface area contributed by atoms with Crippen LogP contribution in [0.1, 0.15) is 41.2 Å². The number of carbonyl (C=O) groups excluding carboxylic acids is 1. The van der Waals surface area contributed by atoms with Crippen LogP contribution in [0, 0.1) is 0 Å². The fraction of sp³-hybridized carbons (Fsp3) is 0.400. The fourth-order valence-electron chi connectivity index (χ4n) is 2.03. The molecule has 1 aromatic heterocycles. The van der Waals surface area contributed by atoms with Crippen molar-refractivity contribution < 1.29 is 13.9 Å². The number of hydrogen-bond donors (Lipinski definition) is 1. The molecule has 0 unspecified atom stereocenters. The summed E-state index contributed by atoms with van der Waals surface area (Å²) < 4.78 is 17.9. The van der Waals surface area contributed by atoms with Gasteiger partial charge in [0.15, 0.2) is 0 Å². The van der Waals surface area contributed by atoms with Crippen LogP contribution in [0.4, 0.5) is 10.1 Å². The summed E-state index contributed by atoms with van der Waals surface area (Å²) in [6.07, 6.45) is 4.35. The first kappa shape index (κ1) is 14.8. The molecule has 0 saturated carbocycles. The summed E-state index contributed by atoms with van der Waals surface area (Å²) in [6, 6.07) is 2.17. The molecule has 3 nitrogen and oxygen atoms in total. The number of thiophene rings is 1. The second kappa shape index (κ2) is 6.22. The van der Waals surface area contributed by atoms with Crippen molar-refractivity contribution in [3.63, 3.8) is 0 Å². The van der Waals surface area contributed by atoms with Crippen LogP contribution in [0.5, 0.6) is 0 Å². The third kappa shape index (κ3) is 3.28. The lowest BCUT2D eigenvalue weighted by atomic mass is 10.0. The molecule has 1 heterocycles. The number of nitrogens with one attached hydrogen (secondary N) is 1. The Kier molecular flexibility index (Phi) is 4.60. The SMILES string of the molecule is COC(=O)c1sc(C2=CC=C(F)CC2)cc1NC(C)C. The molecule has 0 fully saturated rings. The number of anilines is 1. The van der Waals surface area contributed by atoms with E-state index < -0.39 is 0 Å². The minimum absolute atomic E-state index is 0.0981. The van der Waals surface area contributed by atoms with Crippen LogP contribution in [-0.2, 0) is 4.74 Å². The predicted molar refractivity (Wildman–Crippen MR) is 80.8 cm³/mol. The smallest absolute Gasteiger partial charge is 0.350 e. The molecular weight excluding hydrogens is 277 g/mol. The van der Waals surface area contributed by atoms with E-state index >= 15 is 0 Å². The van der Waals surface area contributed by atoms with Crippen molar-refractivity contribution in [2.75, 3.05) is 12.4 Å². The van der Waals surface area contributed by atoms with E-state index in [0.29, 0.717) is 17.7 Å². The van der Waals surface area contributed by atoms with Crippen LogP contribution >= 0.6 is 11.3 Å². The Balaban J connectivity index is 2.36. The number of esters is 1. The molecule has 1 aromatic rings. The van der Waals surface area contributed by atoms with Gasteiger partial charge in [0.05, 0.1) is 12.8 Å². The number of allylic oxidation sites excluding steroid dienone is 4. The average molecular weight is 295 g/mol. The van der Waals surface area contributed by atoms with Crippen LogP contribution in [-0.4, -0.2) is 19.1 Å². The minimum Gasteiger partial charge on any atom is -0.465 e. The molecule has 1 N–H and O–H groups in total. The quantitative estimate of drug-likeness (QED) is 0.837. The first-order valence-corrected chi connectivity index (χ1v) is 7.37. The van der Waals surface area contributed by atoms with Crippen molar-refractivity contribution >= 4 is 28.6 Å². The van der Waals surface area contributed by atoms with E-state index in [1.807, 2.05) is 19.9 Å². The maximum atomic E-state index is 13.0. The summed E-state index contributed by atoms with van der Waals surface area (Å²) in [5.74, 6) is -0.443. The molecule has 20 heavy (non-hydrogen) atoms. The number of hydrogen-bond acceptors (Lipinski definition) is 4. The van der Waals surface area contributed by atoms with Gasteiger partial charge in [-0.15, -0.1) is 11.3 Å². The van der Waals surface area contributed by atoms with Crippen molar-refractivity contribution in [3.05, 3.63) is 33.8 Å². The number of ether oxygens (including phenoxy) is 1. The Hall–Kier alpha value is -1.62. The van der Waals surface area contributed by atoms with E-state index in [-0.39, 0.29) is 17.8 Å². The average Bonchev–Trinajstić information content (AvgIpc) is 2.81. The summed E-state index contributed by atoms with van der Waals surface area (Å²) in [5.41, 5.74) is 1.83. The van der Waals surface area contributed by atoms with Crippen LogP contribution in [0.15, 0.2) is 24.0 Å². The molecule has 0 aliphatic heterocycles. The standard InChI is InChI=1S/C15H18FNO2S/c1-9(2)17-12-8-13(20-14(12)15(18)19-3)10-4-6-11(16)7-5-10/h4,6,8-9,17H,5,7H2,1-3H3. The second-order valence-electron chi connectivity index (χ2n) is 4.95. The van der Waals surface area contributed by atoms with Crippen LogP contribution in [0.25, 0.3) is 5.57 Å². The highest BCUT2D eigenvalue weighted by Gasteiger charge is 2.20. The van der Waals surface area contributed by atoms with E-state index in [1.165, 1.54) is 24.5 Å². The van der Waals surface area contributed by atoms with Crippen molar-refractivity contribution in [3.8, 4) is 0 Å². The Morgan fingerprint density at radius 1 is 1.40 bits per heavy atom. The number of methoxy groups -OCH3 is 1. The van der Waals surface area contributed by atoms with Crippen molar-refractivity contribution in [2.45, 2.75) is 32.7 Å². The summed E-state index contributed by atoms with van der Waals surface area (Å²) in [7, 11) is 1.37. The maximum Gasteiger partial charge on any atom is 0.350 e. The summed E-state index contributed by atoms with van der Waals surface area (Å²) in [4.78, 5) is 13.4. The van der Waals surface area contributed by atoms with Gasteiger partial charge in [-0.3, -0.25) is 0 Å². The molecule has 0 atom stereocenters.